The maximum atomic E-state index is 12.8. The lowest BCUT2D eigenvalue weighted by atomic mass is 9.97. The van der Waals surface area contributed by atoms with E-state index in [1.165, 1.54) is 0 Å². The van der Waals surface area contributed by atoms with E-state index >= 15 is 0 Å². The number of para-hydroxylation sites is 1. The first-order valence-electron chi connectivity index (χ1n) is 10.9. The van der Waals surface area contributed by atoms with Crippen molar-refractivity contribution >= 4 is 22.5 Å². The van der Waals surface area contributed by atoms with E-state index in [4.69, 9.17) is 4.98 Å². The van der Waals surface area contributed by atoms with Crippen molar-refractivity contribution in [2.45, 2.75) is 19.8 Å². The van der Waals surface area contributed by atoms with Crippen molar-refractivity contribution in [3.63, 3.8) is 0 Å². The molecule has 3 aromatic carbocycles. The Bertz CT molecular complexity index is 1340. The fourth-order valence-electron chi connectivity index (χ4n) is 3.79. The zero-order valence-corrected chi connectivity index (χ0v) is 18.5. The van der Waals surface area contributed by atoms with Crippen LogP contribution in [0, 0.1) is 0 Å². The summed E-state index contributed by atoms with van der Waals surface area (Å²) in [5.41, 5.74) is 6.25. The molecule has 4 rings (SSSR count). The van der Waals surface area contributed by atoms with Crippen LogP contribution in [0.3, 0.4) is 0 Å². The highest BCUT2D eigenvalue weighted by molar-refractivity contribution is 6.16. The molecule has 0 amide bonds. The van der Waals surface area contributed by atoms with Crippen LogP contribution < -0.4 is 0 Å². The van der Waals surface area contributed by atoms with Gasteiger partial charge in [0.1, 0.15) is 5.78 Å². The van der Waals surface area contributed by atoms with Gasteiger partial charge in [0.15, 0.2) is 5.78 Å². The van der Waals surface area contributed by atoms with E-state index in [0.29, 0.717) is 23.2 Å². The number of aliphatic hydroxyl groups is 1. The number of aromatic nitrogens is 1. The molecule has 0 saturated heterocycles. The molecule has 1 aromatic heterocycles. The van der Waals surface area contributed by atoms with Crippen molar-refractivity contribution in [2.75, 3.05) is 6.61 Å². The Morgan fingerprint density at radius 2 is 1.48 bits per heavy atom. The molecule has 164 valence electrons. The first kappa shape index (κ1) is 22.3. The number of nitrogens with zero attached hydrogens (tertiary/aromatic N) is 1. The van der Waals surface area contributed by atoms with Crippen molar-refractivity contribution in [3.8, 4) is 22.4 Å². The first-order valence-corrected chi connectivity index (χ1v) is 10.9. The van der Waals surface area contributed by atoms with Crippen LogP contribution in [0.1, 0.15) is 29.3 Å². The van der Waals surface area contributed by atoms with Crippen molar-refractivity contribution in [1.29, 1.82) is 0 Å². The molecule has 0 fully saturated rings. The monoisotopic (exact) mass is 435 g/mol. The summed E-state index contributed by atoms with van der Waals surface area (Å²) < 4.78 is 0. The summed E-state index contributed by atoms with van der Waals surface area (Å²) in [7, 11) is 0. The van der Waals surface area contributed by atoms with Gasteiger partial charge in [0.05, 0.1) is 17.8 Å². The molecule has 0 aliphatic rings. The third-order valence-electron chi connectivity index (χ3n) is 5.71. The maximum absolute atomic E-state index is 12.8. The molecule has 4 nitrogen and oxygen atoms in total. The van der Waals surface area contributed by atoms with Crippen LogP contribution in [-0.4, -0.2) is 28.3 Å². The number of Topliss-reactive ketones (excluding diaryl/α,β-unsaturated/α-hetero) is 2. The number of fused-ring (bicyclic) bond motifs is 1. The van der Waals surface area contributed by atoms with Crippen LogP contribution >= 0.6 is 0 Å². The van der Waals surface area contributed by atoms with Crippen LogP contribution in [0.15, 0.2) is 91.0 Å². The lowest BCUT2D eigenvalue weighted by Gasteiger charge is -2.11. The van der Waals surface area contributed by atoms with Gasteiger partial charge in [-0.1, -0.05) is 73.3 Å². The molecule has 1 N–H and O–H groups in total. The molecule has 0 radical (unpaired) electrons. The standard InChI is InChI=1S/C29H25NO3/c1-19(18-31)29(33)26-17-28(30-27-6-4-3-5-25(26)27)24-15-13-23(14-16-24)22-11-9-21(10-12-22)8-7-20(2)32/h3-6,9-17,31H,1,7-8,18H2,2H3. The van der Waals surface area contributed by atoms with Gasteiger partial charge in [-0.05, 0) is 42.2 Å². The fraction of sp³-hybridized carbons (Fsp3) is 0.138. The van der Waals surface area contributed by atoms with Crippen molar-refractivity contribution in [2.24, 2.45) is 0 Å². The summed E-state index contributed by atoms with van der Waals surface area (Å²) in [6, 6.07) is 25.5. The van der Waals surface area contributed by atoms with Crippen LogP contribution in [0.25, 0.3) is 33.3 Å². The van der Waals surface area contributed by atoms with Crippen molar-refractivity contribution in [3.05, 3.63) is 102 Å². The van der Waals surface area contributed by atoms with Gasteiger partial charge in [0.2, 0.25) is 0 Å². The van der Waals surface area contributed by atoms with E-state index in [9.17, 15) is 14.7 Å². The third kappa shape index (κ3) is 4.97. The summed E-state index contributed by atoms with van der Waals surface area (Å²) in [4.78, 5) is 28.8. The van der Waals surface area contributed by atoms with Crippen LogP contribution in [0.4, 0.5) is 0 Å². The molecule has 4 heteroatoms. The lowest BCUT2D eigenvalue weighted by Crippen LogP contribution is -2.07. The second-order valence-electron chi connectivity index (χ2n) is 8.14. The number of hydrogen-bond donors (Lipinski definition) is 1. The number of aryl methyl sites for hydroxylation is 1. The second-order valence-corrected chi connectivity index (χ2v) is 8.14. The maximum Gasteiger partial charge on any atom is 0.191 e. The van der Waals surface area contributed by atoms with E-state index in [1.54, 1.807) is 13.0 Å². The summed E-state index contributed by atoms with van der Waals surface area (Å²) in [6.07, 6.45) is 1.31. The highest BCUT2D eigenvalue weighted by atomic mass is 16.3. The average molecular weight is 436 g/mol. The van der Waals surface area contributed by atoms with Gasteiger partial charge >= 0.3 is 0 Å². The Balaban J connectivity index is 1.65. The van der Waals surface area contributed by atoms with Crippen LogP contribution in [0.5, 0.6) is 0 Å². The van der Waals surface area contributed by atoms with Gasteiger partial charge in [0.25, 0.3) is 0 Å². The van der Waals surface area contributed by atoms with Crippen molar-refractivity contribution < 1.29 is 14.7 Å². The minimum Gasteiger partial charge on any atom is -0.392 e. The number of pyridine rings is 1. The molecule has 0 saturated carbocycles. The molecule has 0 unspecified atom stereocenters. The number of carbonyl (C=O) groups excluding carboxylic acids is 2. The van der Waals surface area contributed by atoms with Gasteiger partial charge in [-0.25, -0.2) is 4.98 Å². The fourth-order valence-corrected chi connectivity index (χ4v) is 3.79. The molecule has 33 heavy (non-hydrogen) atoms. The minimum absolute atomic E-state index is 0.152. The Morgan fingerprint density at radius 3 is 2.12 bits per heavy atom. The molecule has 1 heterocycles. The third-order valence-corrected chi connectivity index (χ3v) is 5.71. The number of benzene rings is 3. The van der Waals surface area contributed by atoms with Crippen LogP contribution in [-0.2, 0) is 11.2 Å². The highest BCUT2D eigenvalue weighted by Crippen LogP contribution is 2.28. The average Bonchev–Trinajstić information content (AvgIpc) is 2.86. The Labute approximate surface area is 193 Å². The number of rotatable bonds is 8. The highest BCUT2D eigenvalue weighted by Gasteiger charge is 2.16. The van der Waals surface area contributed by atoms with E-state index in [-0.39, 0.29) is 23.7 Å². The molecule has 0 aliphatic heterocycles. The van der Waals surface area contributed by atoms with Gasteiger partial charge < -0.3 is 9.90 Å². The molecule has 0 bridgehead atoms. The van der Waals surface area contributed by atoms with Gasteiger partial charge in [-0.3, -0.25) is 4.79 Å². The quantitative estimate of drug-likeness (QED) is 0.280. The topological polar surface area (TPSA) is 67.3 Å². The normalized spacial score (nSPS) is 10.8. The molecule has 0 atom stereocenters. The number of carbonyl (C=O) groups is 2. The molecular formula is C29H25NO3. The molecule has 4 aromatic rings. The molecule has 0 spiro atoms. The Morgan fingerprint density at radius 1 is 0.879 bits per heavy atom. The smallest absolute Gasteiger partial charge is 0.191 e. The zero-order valence-electron chi connectivity index (χ0n) is 18.5. The summed E-state index contributed by atoms with van der Waals surface area (Å²) >= 11 is 0. The van der Waals surface area contributed by atoms with Crippen LogP contribution in [0.2, 0.25) is 0 Å². The summed E-state index contributed by atoms with van der Waals surface area (Å²) in [5, 5.41) is 10.1. The Hall–Kier alpha value is -3.89. The number of ketones is 2. The summed E-state index contributed by atoms with van der Waals surface area (Å²) in [5.74, 6) is -0.0821. The lowest BCUT2D eigenvalue weighted by molar-refractivity contribution is -0.116. The molecule has 0 aliphatic carbocycles. The SMILES string of the molecule is C=C(CO)C(=O)c1cc(-c2ccc(-c3ccc(CCC(C)=O)cc3)cc2)nc2ccccc12. The number of hydrogen-bond acceptors (Lipinski definition) is 4. The predicted octanol–water partition coefficient (Wildman–Crippen LogP) is 5.82. The van der Waals surface area contributed by atoms with E-state index in [2.05, 4.69) is 30.8 Å². The van der Waals surface area contributed by atoms with E-state index < -0.39 is 0 Å². The minimum atomic E-state index is -0.382. The number of aliphatic hydroxyl groups excluding tert-OH is 1. The van der Waals surface area contributed by atoms with Crippen molar-refractivity contribution in [1.82, 2.24) is 4.98 Å². The first-order chi connectivity index (χ1) is 16.0. The van der Waals surface area contributed by atoms with E-state index in [1.807, 2.05) is 48.5 Å². The van der Waals surface area contributed by atoms with Gasteiger partial charge in [0, 0.05) is 28.5 Å². The second kappa shape index (κ2) is 9.72. The largest absolute Gasteiger partial charge is 0.392 e. The predicted molar refractivity (Wildman–Crippen MR) is 132 cm³/mol. The van der Waals surface area contributed by atoms with Gasteiger partial charge in [-0.2, -0.15) is 0 Å². The van der Waals surface area contributed by atoms with Gasteiger partial charge in [-0.15, -0.1) is 0 Å². The summed E-state index contributed by atoms with van der Waals surface area (Å²) in [6.45, 7) is 4.92. The zero-order chi connectivity index (χ0) is 23.4. The Kier molecular flexibility index (Phi) is 6.57. The molecular weight excluding hydrogens is 410 g/mol. The van der Waals surface area contributed by atoms with E-state index in [0.717, 1.165) is 34.1 Å².